The summed E-state index contributed by atoms with van der Waals surface area (Å²) in [6, 6.07) is 3.92. The number of anilines is 2. The number of rotatable bonds is 4. The average Bonchev–Trinajstić information content (AvgIpc) is 3.16. The van der Waals surface area contributed by atoms with Crippen molar-refractivity contribution in [2.75, 3.05) is 43.4 Å². The zero-order valence-corrected chi connectivity index (χ0v) is 20.0. The van der Waals surface area contributed by atoms with Crippen molar-refractivity contribution in [1.29, 1.82) is 0 Å². The maximum absolute atomic E-state index is 15.2. The second-order valence-electron chi connectivity index (χ2n) is 8.63. The van der Waals surface area contributed by atoms with Crippen molar-refractivity contribution in [3.63, 3.8) is 0 Å². The van der Waals surface area contributed by atoms with Gasteiger partial charge in [0.25, 0.3) is 5.91 Å². The molecule has 13 heteroatoms. The van der Waals surface area contributed by atoms with Crippen LogP contribution in [-0.2, 0) is 6.42 Å². The van der Waals surface area contributed by atoms with Gasteiger partial charge in [-0.15, -0.1) is 24.5 Å². The van der Waals surface area contributed by atoms with Gasteiger partial charge in [0, 0.05) is 55.3 Å². The number of nitrogens with one attached hydrogen (secondary N) is 2. The molecule has 1 fully saturated rings. The van der Waals surface area contributed by atoms with Crippen LogP contribution in [0, 0.1) is 12.7 Å². The summed E-state index contributed by atoms with van der Waals surface area (Å²) in [6.45, 7) is 3.50. The summed E-state index contributed by atoms with van der Waals surface area (Å²) in [5, 5.41) is 6.51. The highest BCUT2D eigenvalue weighted by molar-refractivity contribution is 7.21. The topological polar surface area (TPSA) is 102 Å². The number of aromatic nitrogens is 1. The van der Waals surface area contributed by atoms with E-state index in [4.69, 9.17) is 10.5 Å². The van der Waals surface area contributed by atoms with Crippen molar-refractivity contribution in [1.82, 2.24) is 15.6 Å². The summed E-state index contributed by atoms with van der Waals surface area (Å²) in [5.41, 5.74) is 7.10. The van der Waals surface area contributed by atoms with E-state index in [1.54, 1.807) is 17.0 Å². The molecule has 5 rings (SSSR count). The van der Waals surface area contributed by atoms with Crippen LogP contribution in [0.15, 0.2) is 18.2 Å². The monoisotopic (exact) mass is 525 g/mol. The molecule has 192 valence electrons. The van der Waals surface area contributed by atoms with Gasteiger partial charge in [0.05, 0.1) is 17.4 Å². The lowest BCUT2D eigenvalue weighted by Gasteiger charge is -2.34. The molecule has 1 atom stereocenters. The Morgan fingerprint density at radius 1 is 1.33 bits per heavy atom. The Morgan fingerprint density at radius 3 is 2.81 bits per heavy atom. The van der Waals surface area contributed by atoms with Crippen LogP contribution in [0.2, 0.25) is 0 Å². The number of thiophene rings is 1. The number of nitrogen functional groups attached to an aromatic ring is 1. The quantitative estimate of drug-likeness (QED) is 0.449. The van der Waals surface area contributed by atoms with Gasteiger partial charge in [-0.1, -0.05) is 0 Å². The number of nitrogens with two attached hydrogens (primary N) is 1. The van der Waals surface area contributed by atoms with Crippen molar-refractivity contribution >= 4 is 38.8 Å². The van der Waals surface area contributed by atoms with E-state index in [1.807, 2.05) is 6.92 Å². The van der Waals surface area contributed by atoms with Gasteiger partial charge >= 0.3 is 6.36 Å². The second-order valence-corrected chi connectivity index (χ2v) is 9.63. The normalized spacial score (nSPS) is 18.0. The van der Waals surface area contributed by atoms with Crippen LogP contribution in [0.4, 0.5) is 28.9 Å². The van der Waals surface area contributed by atoms with Gasteiger partial charge in [-0.05, 0) is 19.1 Å². The Morgan fingerprint density at radius 2 is 2.08 bits per heavy atom. The lowest BCUT2D eigenvalue weighted by molar-refractivity contribution is -0.275. The molecule has 0 unspecified atom stereocenters. The third-order valence-electron chi connectivity index (χ3n) is 6.09. The van der Waals surface area contributed by atoms with E-state index >= 15 is 4.39 Å². The minimum atomic E-state index is -4.99. The zero-order valence-electron chi connectivity index (χ0n) is 19.2. The Bertz CT molecular complexity index is 1320. The second kappa shape index (κ2) is 9.28. The molecule has 1 saturated heterocycles. The first-order valence-electron chi connectivity index (χ1n) is 11.3. The van der Waals surface area contributed by atoms with Crippen LogP contribution in [0.25, 0.3) is 10.2 Å². The highest BCUT2D eigenvalue weighted by atomic mass is 32.1. The molecule has 0 radical (unpaired) electrons. The van der Waals surface area contributed by atoms with Crippen LogP contribution in [0.3, 0.4) is 0 Å². The van der Waals surface area contributed by atoms with Crippen molar-refractivity contribution in [2.24, 2.45) is 0 Å². The number of hydrogen-bond acceptors (Lipinski definition) is 8. The number of pyridine rings is 1. The molecule has 0 saturated carbocycles. The molecule has 36 heavy (non-hydrogen) atoms. The molecule has 2 aliphatic rings. The van der Waals surface area contributed by atoms with E-state index in [2.05, 4.69) is 20.4 Å². The summed E-state index contributed by atoms with van der Waals surface area (Å²) in [7, 11) is 0. The molecule has 3 aromatic rings. The molecule has 2 aromatic heterocycles. The van der Waals surface area contributed by atoms with E-state index < -0.39 is 29.9 Å². The zero-order chi connectivity index (χ0) is 25.6. The predicted molar refractivity (Wildman–Crippen MR) is 127 cm³/mol. The van der Waals surface area contributed by atoms with Gasteiger partial charge in [-0.2, -0.15) is 0 Å². The lowest BCUT2D eigenvalue weighted by atomic mass is 9.99. The molecular formula is C23H23F4N5O3S. The van der Waals surface area contributed by atoms with Crippen LogP contribution >= 0.6 is 11.3 Å². The summed E-state index contributed by atoms with van der Waals surface area (Å²) in [5.74, 6) is -2.09. The van der Waals surface area contributed by atoms with Gasteiger partial charge < -0.3 is 30.7 Å². The van der Waals surface area contributed by atoms with E-state index in [0.717, 1.165) is 23.1 Å². The van der Waals surface area contributed by atoms with Crippen molar-refractivity contribution in [3.8, 4) is 11.5 Å². The predicted octanol–water partition coefficient (Wildman–Crippen LogP) is 3.37. The first-order valence-corrected chi connectivity index (χ1v) is 12.1. The number of halogens is 4. The summed E-state index contributed by atoms with van der Waals surface area (Å²) in [6.07, 6.45) is -5.07. The molecule has 1 aromatic carbocycles. The summed E-state index contributed by atoms with van der Waals surface area (Å²) in [4.78, 5) is 19.8. The molecule has 1 amide bonds. The van der Waals surface area contributed by atoms with Crippen LogP contribution in [0.5, 0.6) is 11.5 Å². The Balaban J connectivity index is 1.42. The smallest absolute Gasteiger partial charge is 0.487 e. The number of hydrogen-bond donors (Lipinski definition) is 3. The molecule has 0 bridgehead atoms. The number of carbonyl (C=O) groups is 1. The summed E-state index contributed by atoms with van der Waals surface area (Å²) < 4.78 is 64.9. The van der Waals surface area contributed by atoms with Crippen molar-refractivity contribution in [2.45, 2.75) is 25.7 Å². The highest BCUT2D eigenvalue weighted by Gasteiger charge is 2.38. The van der Waals surface area contributed by atoms with E-state index in [-0.39, 0.29) is 40.6 Å². The minimum Gasteiger partial charge on any atom is -0.487 e. The number of piperazine rings is 1. The number of ether oxygens (including phenoxy) is 2. The SMILES string of the molecule is Cc1ccc2c(N)c(C(=O)N[C@H]3COc4c(c(F)cc(N5CCNCC5)c4OC(F)(F)F)C3)sc2n1. The summed E-state index contributed by atoms with van der Waals surface area (Å²) >= 11 is 1.13. The van der Waals surface area contributed by atoms with E-state index in [9.17, 15) is 18.0 Å². The van der Waals surface area contributed by atoms with Crippen LogP contribution in [0.1, 0.15) is 20.9 Å². The molecule has 2 aliphatic heterocycles. The van der Waals surface area contributed by atoms with Gasteiger partial charge in [0.1, 0.15) is 22.1 Å². The average molecular weight is 526 g/mol. The third kappa shape index (κ3) is 4.72. The Labute approximate surface area is 207 Å². The van der Waals surface area contributed by atoms with Gasteiger partial charge in [0.15, 0.2) is 11.5 Å². The maximum Gasteiger partial charge on any atom is 0.573 e. The fourth-order valence-electron chi connectivity index (χ4n) is 4.42. The molecule has 4 N–H and O–H groups in total. The van der Waals surface area contributed by atoms with Gasteiger partial charge in [0.2, 0.25) is 0 Å². The van der Waals surface area contributed by atoms with E-state index in [0.29, 0.717) is 36.4 Å². The van der Waals surface area contributed by atoms with Gasteiger partial charge in [-0.25, -0.2) is 9.37 Å². The number of benzene rings is 1. The van der Waals surface area contributed by atoms with Crippen molar-refractivity contribution < 1.29 is 31.8 Å². The first kappa shape index (κ1) is 24.4. The molecule has 0 aliphatic carbocycles. The third-order valence-corrected chi connectivity index (χ3v) is 7.21. The fraction of sp³-hybridized carbons (Fsp3) is 0.391. The molecule has 8 nitrogen and oxygen atoms in total. The highest BCUT2D eigenvalue weighted by Crippen LogP contribution is 2.46. The Hall–Kier alpha value is -3.32. The minimum absolute atomic E-state index is 0.0200. The maximum atomic E-state index is 15.2. The largest absolute Gasteiger partial charge is 0.573 e. The first-order chi connectivity index (χ1) is 17.1. The molecule has 0 spiro atoms. The number of amides is 1. The number of fused-ring (bicyclic) bond motifs is 2. The number of aryl methyl sites for hydroxylation is 1. The molecule has 4 heterocycles. The molecular weight excluding hydrogens is 502 g/mol. The Kier molecular flexibility index (Phi) is 6.29. The van der Waals surface area contributed by atoms with Crippen molar-refractivity contribution in [3.05, 3.63) is 40.2 Å². The standard InChI is InChI=1S/C23H23F4N5O3S/c1-11-2-3-13-17(28)20(36-22(13)30-11)21(33)31-12-8-14-15(24)9-16(32-6-4-29-5-7-32)19(18(14)34-10-12)35-23(25,26)27/h2-3,9,12,29H,4-8,10,28H2,1H3,(H,31,33)/t12-/m1/s1. The fourth-order valence-corrected chi connectivity index (χ4v) is 5.47. The van der Waals surface area contributed by atoms with Crippen LogP contribution in [-0.4, -0.2) is 56.1 Å². The van der Waals surface area contributed by atoms with E-state index in [1.165, 1.54) is 0 Å². The van der Waals surface area contributed by atoms with Crippen LogP contribution < -0.4 is 30.7 Å². The number of alkyl halides is 3. The number of carbonyl (C=O) groups excluding carboxylic acids is 1. The lowest BCUT2D eigenvalue weighted by Crippen LogP contribution is -2.45. The van der Waals surface area contributed by atoms with Gasteiger partial charge in [-0.3, -0.25) is 4.79 Å². The number of nitrogens with zero attached hydrogens (tertiary/aromatic N) is 2.